The molecule has 0 spiro atoms. The predicted octanol–water partition coefficient (Wildman–Crippen LogP) is 6.73. The van der Waals surface area contributed by atoms with Gasteiger partial charge in [-0.1, -0.05) is 30.3 Å². The number of ether oxygens (including phenoxy) is 2. The number of carbonyl (C=O) groups excluding carboxylic acids is 1. The van der Waals surface area contributed by atoms with Gasteiger partial charge in [-0.3, -0.25) is 4.79 Å². The van der Waals surface area contributed by atoms with Crippen LogP contribution >= 0.6 is 11.3 Å². The third kappa shape index (κ3) is 5.41. The van der Waals surface area contributed by atoms with E-state index in [2.05, 4.69) is 0 Å². The van der Waals surface area contributed by atoms with E-state index in [0.29, 0.717) is 22.4 Å². The van der Waals surface area contributed by atoms with Gasteiger partial charge in [0.1, 0.15) is 23.0 Å². The normalized spacial score (nSPS) is 11.3. The van der Waals surface area contributed by atoms with Crippen molar-refractivity contribution >= 4 is 37.3 Å². The molecular formula is C30H24O6S2. The highest BCUT2D eigenvalue weighted by molar-refractivity contribution is 7.86. The molecule has 0 bridgehead atoms. The van der Waals surface area contributed by atoms with Crippen LogP contribution in [-0.2, 0) is 15.9 Å². The molecule has 192 valence electrons. The molecule has 5 aromatic rings. The Balaban J connectivity index is 1.47. The number of hydrogen-bond acceptors (Lipinski definition) is 7. The number of thiophene rings is 1. The van der Waals surface area contributed by atoms with Gasteiger partial charge in [-0.05, 0) is 77.9 Å². The second-order valence-electron chi connectivity index (χ2n) is 8.52. The molecule has 0 aliphatic carbocycles. The Morgan fingerprint density at radius 1 is 0.763 bits per heavy atom. The number of rotatable bonds is 9. The van der Waals surface area contributed by atoms with Crippen LogP contribution in [0.4, 0.5) is 0 Å². The second-order valence-corrected chi connectivity index (χ2v) is 11.1. The lowest BCUT2D eigenvalue weighted by atomic mass is 9.97. The SMILES string of the molecule is COc1ccc(-c2sc3cc(OC)ccc3c2C(=O)c2ccc(OS(=O)(=O)Cc3ccccc3)cc2)cc1. The summed E-state index contributed by atoms with van der Waals surface area (Å²) in [4.78, 5) is 14.6. The summed E-state index contributed by atoms with van der Waals surface area (Å²) in [5.41, 5.74) is 2.51. The van der Waals surface area contributed by atoms with Crippen LogP contribution in [0.3, 0.4) is 0 Å². The van der Waals surface area contributed by atoms with Crippen molar-refractivity contribution in [2.45, 2.75) is 5.75 Å². The number of hydrogen-bond donors (Lipinski definition) is 0. The largest absolute Gasteiger partial charge is 0.497 e. The molecule has 0 N–H and O–H groups in total. The van der Waals surface area contributed by atoms with Crippen LogP contribution in [0.25, 0.3) is 20.5 Å². The Morgan fingerprint density at radius 2 is 1.39 bits per heavy atom. The molecule has 0 fully saturated rings. The zero-order valence-electron chi connectivity index (χ0n) is 20.7. The minimum atomic E-state index is -3.85. The number of carbonyl (C=O) groups is 1. The lowest BCUT2D eigenvalue weighted by Crippen LogP contribution is -2.12. The van der Waals surface area contributed by atoms with Gasteiger partial charge < -0.3 is 13.7 Å². The highest BCUT2D eigenvalue weighted by Gasteiger charge is 2.22. The molecule has 0 unspecified atom stereocenters. The second kappa shape index (κ2) is 10.7. The first-order valence-corrected chi connectivity index (χ1v) is 14.1. The maximum Gasteiger partial charge on any atom is 0.313 e. The van der Waals surface area contributed by atoms with Crippen LogP contribution in [0.15, 0.2) is 97.1 Å². The molecule has 5 rings (SSSR count). The van der Waals surface area contributed by atoms with Crippen molar-refractivity contribution in [3.05, 3.63) is 114 Å². The molecule has 0 amide bonds. The van der Waals surface area contributed by atoms with Crippen molar-refractivity contribution in [3.63, 3.8) is 0 Å². The van der Waals surface area contributed by atoms with Crippen LogP contribution in [0.1, 0.15) is 21.5 Å². The molecule has 0 atom stereocenters. The number of fused-ring (bicyclic) bond motifs is 1. The maximum atomic E-state index is 13.8. The van der Waals surface area contributed by atoms with Gasteiger partial charge in [0.15, 0.2) is 5.78 Å². The van der Waals surface area contributed by atoms with Crippen LogP contribution in [0.5, 0.6) is 17.2 Å². The summed E-state index contributed by atoms with van der Waals surface area (Å²) in [6.07, 6.45) is 0. The van der Waals surface area contributed by atoms with E-state index in [-0.39, 0.29) is 17.3 Å². The van der Waals surface area contributed by atoms with Crippen LogP contribution < -0.4 is 13.7 Å². The van der Waals surface area contributed by atoms with Gasteiger partial charge in [-0.2, -0.15) is 8.42 Å². The Bertz CT molecular complexity index is 1690. The maximum absolute atomic E-state index is 13.8. The highest BCUT2D eigenvalue weighted by atomic mass is 32.2. The van der Waals surface area contributed by atoms with E-state index in [4.69, 9.17) is 13.7 Å². The molecule has 0 saturated carbocycles. The summed E-state index contributed by atoms with van der Waals surface area (Å²) in [6.45, 7) is 0. The Morgan fingerprint density at radius 3 is 2.05 bits per heavy atom. The van der Waals surface area contributed by atoms with E-state index >= 15 is 0 Å². The van der Waals surface area contributed by atoms with Gasteiger partial charge >= 0.3 is 10.1 Å². The number of benzene rings is 4. The van der Waals surface area contributed by atoms with Crippen LogP contribution in [0.2, 0.25) is 0 Å². The average Bonchev–Trinajstić information content (AvgIpc) is 3.32. The molecule has 8 heteroatoms. The minimum Gasteiger partial charge on any atom is -0.497 e. The first kappa shape index (κ1) is 25.5. The molecule has 38 heavy (non-hydrogen) atoms. The van der Waals surface area contributed by atoms with E-state index < -0.39 is 10.1 Å². The molecule has 6 nitrogen and oxygen atoms in total. The molecular weight excluding hydrogens is 520 g/mol. The summed E-state index contributed by atoms with van der Waals surface area (Å²) >= 11 is 1.51. The standard InChI is InChI=1S/C30H24O6S2/c1-34-23-12-10-22(11-13-23)30-28(26-17-16-25(35-2)18-27(26)37-30)29(31)21-8-14-24(15-9-21)36-38(32,33)19-20-6-4-3-5-7-20/h3-18H,19H2,1-2H3. The zero-order valence-corrected chi connectivity index (χ0v) is 22.3. The number of ketones is 1. The van der Waals surface area contributed by atoms with Crippen LogP contribution in [0, 0.1) is 0 Å². The van der Waals surface area contributed by atoms with Crippen LogP contribution in [-0.4, -0.2) is 28.4 Å². The molecule has 0 saturated heterocycles. The van der Waals surface area contributed by atoms with Gasteiger partial charge in [-0.25, -0.2) is 0 Å². The average molecular weight is 545 g/mol. The smallest absolute Gasteiger partial charge is 0.313 e. The molecule has 0 aliphatic rings. The Labute approximate surface area is 225 Å². The summed E-state index contributed by atoms with van der Waals surface area (Å²) in [7, 11) is -0.640. The van der Waals surface area contributed by atoms with Crippen molar-refractivity contribution < 1.29 is 26.9 Å². The number of methoxy groups -OCH3 is 2. The van der Waals surface area contributed by atoms with Gasteiger partial charge in [0.2, 0.25) is 0 Å². The van der Waals surface area contributed by atoms with E-state index in [1.54, 1.807) is 50.6 Å². The molecule has 0 aliphatic heterocycles. The Hall–Kier alpha value is -4.14. The van der Waals surface area contributed by atoms with E-state index in [9.17, 15) is 13.2 Å². The third-order valence-electron chi connectivity index (χ3n) is 6.00. The van der Waals surface area contributed by atoms with E-state index in [1.807, 2.05) is 48.5 Å². The lowest BCUT2D eigenvalue weighted by Gasteiger charge is -2.09. The zero-order chi connectivity index (χ0) is 26.7. The van der Waals surface area contributed by atoms with E-state index in [1.165, 1.54) is 23.5 Å². The summed E-state index contributed by atoms with van der Waals surface area (Å²) < 4.78 is 41.9. The fraction of sp³-hybridized carbons (Fsp3) is 0.100. The van der Waals surface area contributed by atoms with Crippen molar-refractivity contribution in [2.75, 3.05) is 14.2 Å². The first-order valence-electron chi connectivity index (χ1n) is 11.7. The molecule has 1 aromatic heterocycles. The monoisotopic (exact) mass is 544 g/mol. The minimum absolute atomic E-state index is 0.146. The Kier molecular flexibility index (Phi) is 7.18. The van der Waals surface area contributed by atoms with Crippen molar-refractivity contribution in [2.24, 2.45) is 0 Å². The third-order valence-corrected chi connectivity index (χ3v) is 8.34. The summed E-state index contributed by atoms with van der Waals surface area (Å²) in [5.74, 6) is 1.16. The summed E-state index contributed by atoms with van der Waals surface area (Å²) in [5, 5.41) is 0.817. The highest BCUT2D eigenvalue weighted by Crippen LogP contribution is 2.41. The van der Waals surface area contributed by atoms with Gasteiger partial charge in [0.25, 0.3) is 0 Å². The summed E-state index contributed by atoms with van der Waals surface area (Å²) in [6, 6.07) is 28.2. The van der Waals surface area contributed by atoms with Crippen molar-refractivity contribution in [1.82, 2.24) is 0 Å². The van der Waals surface area contributed by atoms with Crippen molar-refractivity contribution in [3.8, 4) is 27.7 Å². The van der Waals surface area contributed by atoms with E-state index in [0.717, 1.165) is 26.3 Å². The van der Waals surface area contributed by atoms with Gasteiger partial charge in [0.05, 0.1) is 14.2 Å². The quantitative estimate of drug-likeness (QED) is 0.151. The van der Waals surface area contributed by atoms with Gasteiger partial charge in [0, 0.05) is 26.1 Å². The fourth-order valence-corrected chi connectivity index (χ4v) is 6.43. The molecule has 1 heterocycles. The fourth-order valence-electron chi connectivity index (χ4n) is 4.14. The van der Waals surface area contributed by atoms with Crippen molar-refractivity contribution in [1.29, 1.82) is 0 Å². The molecule has 4 aromatic carbocycles. The lowest BCUT2D eigenvalue weighted by molar-refractivity contribution is 0.104. The first-order chi connectivity index (χ1) is 18.4. The molecule has 0 radical (unpaired) electrons. The van der Waals surface area contributed by atoms with Gasteiger partial charge in [-0.15, -0.1) is 11.3 Å². The topological polar surface area (TPSA) is 78.9 Å². The predicted molar refractivity (Wildman–Crippen MR) is 150 cm³/mol.